The number of anilines is 1. The molecular formula is C9H9BrN4O2S2. The number of aromatic nitrogens is 2. The third-order valence-electron chi connectivity index (χ3n) is 2.01. The zero-order valence-electron chi connectivity index (χ0n) is 9.00. The third kappa shape index (κ3) is 2.86. The van der Waals surface area contributed by atoms with Crippen LogP contribution in [-0.4, -0.2) is 18.6 Å². The molecule has 3 N–H and O–H groups in total. The molecule has 0 aliphatic heterocycles. The molecule has 6 nitrogen and oxygen atoms in total. The summed E-state index contributed by atoms with van der Waals surface area (Å²) in [5.41, 5.74) is 5.48. The van der Waals surface area contributed by atoms with E-state index < -0.39 is 10.0 Å². The van der Waals surface area contributed by atoms with Crippen LogP contribution in [-0.2, 0) is 16.6 Å². The Morgan fingerprint density at radius 1 is 1.50 bits per heavy atom. The zero-order chi connectivity index (χ0) is 13.2. The van der Waals surface area contributed by atoms with Crippen molar-refractivity contribution in [2.45, 2.75) is 11.4 Å². The Kier molecular flexibility index (Phi) is 3.95. The molecule has 0 radical (unpaired) electrons. The highest BCUT2D eigenvalue weighted by molar-refractivity contribution is 9.11. The number of thiophene rings is 1. The molecule has 18 heavy (non-hydrogen) atoms. The van der Waals surface area contributed by atoms with Crippen molar-refractivity contribution in [3.05, 3.63) is 33.1 Å². The first-order valence-corrected chi connectivity index (χ1v) is 7.91. The molecule has 0 amide bonds. The lowest BCUT2D eigenvalue weighted by Gasteiger charge is -2.04. The predicted octanol–water partition coefficient (Wildman–Crippen LogP) is 1.56. The summed E-state index contributed by atoms with van der Waals surface area (Å²) in [6.07, 6.45) is 1.46. The average Bonchev–Trinajstić information content (AvgIpc) is 2.72. The lowest BCUT2D eigenvalue weighted by molar-refractivity contribution is 0.601. The topological polar surface area (TPSA) is 98.0 Å². The first-order chi connectivity index (χ1) is 8.53. The van der Waals surface area contributed by atoms with Gasteiger partial charge in [0.05, 0.1) is 3.79 Å². The fraction of sp³-hybridized carbons (Fsp3) is 0.111. The van der Waals surface area contributed by atoms with Crippen molar-refractivity contribution < 1.29 is 8.42 Å². The fourth-order valence-corrected chi connectivity index (χ4v) is 4.79. The van der Waals surface area contributed by atoms with Crippen LogP contribution in [0.5, 0.6) is 0 Å². The Labute approximate surface area is 116 Å². The van der Waals surface area contributed by atoms with Gasteiger partial charge in [0.2, 0.25) is 0 Å². The van der Waals surface area contributed by atoms with Crippen molar-refractivity contribution >= 4 is 43.1 Å². The number of halogens is 1. The van der Waals surface area contributed by atoms with Crippen LogP contribution in [0.1, 0.15) is 4.88 Å². The smallest absolute Gasteiger partial charge is 0.265 e. The van der Waals surface area contributed by atoms with Crippen molar-refractivity contribution in [2.75, 3.05) is 4.72 Å². The van der Waals surface area contributed by atoms with E-state index in [1.54, 1.807) is 6.07 Å². The molecule has 0 unspecified atom stereocenters. The van der Waals surface area contributed by atoms with E-state index in [9.17, 15) is 8.42 Å². The van der Waals surface area contributed by atoms with Gasteiger partial charge in [0.15, 0.2) is 5.82 Å². The molecule has 0 aromatic carbocycles. The van der Waals surface area contributed by atoms with Gasteiger partial charge in [-0.2, -0.15) is 5.10 Å². The Morgan fingerprint density at radius 3 is 2.83 bits per heavy atom. The molecule has 0 aliphatic carbocycles. The maximum atomic E-state index is 12.1. The lowest BCUT2D eigenvalue weighted by Crippen LogP contribution is -2.13. The Balaban J connectivity index is 2.34. The summed E-state index contributed by atoms with van der Waals surface area (Å²) in [6.45, 7) is 0.296. The van der Waals surface area contributed by atoms with Crippen molar-refractivity contribution in [3.63, 3.8) is 0 Å². The molecule has 2 heterocycles. The molecule has 96 valence electrons. The van der Waals surface area contributed by atoms with Crippen LogP contribution >= 0.6 is 27.3 Å². The third-order valence-corrected chi connectivity index (χ3v) is 5.64. The molecule has 0 atom stereocenters. The summed E-state index contributed by atoms with van der Waals surface area (Å²) in [4.78, 5) is 0.931. The predicted molar refractivity (Wildman–Crippen MR) is 72.8 cm³/mol. The van der Waals surface area contributed by atoms with E-state index >= 15 is 0 Å². The van der Waals surface area contributed by atoms with Gasteiger partial charge in [-0.1, -0.05) is 0 Å². The number of nitrogens with two attached hydrogens (primary N) is 1. The second kappa shape index (κ2) is 5.31. The molecule has 0 saturated heterocycles. The van der Waals surface area contributed by atoms with Gasteiger partial charge in [-0.25, -0.2) is 8.42 Å². The quantitative estimate of drug-likeness (QED) is 0.873. The zero-order valence-corrected chi connectivity index (χ0v) is 12.2. The molecule has 2 aromatic rings. The van der Waals surface area contributed by atoms with Crippen LogP contribution in [0.2, 0.25) is 0 Å². The van der Waals surface area contributed by atoms with Gasteiger partial charge >= 0.3 is 0 Å². The molecule has 9 heteroatoms. The first-order valence-electron chi connectivity index (χ1n) is 4.82. The summed E-state index contributed by atoms with van der Waals surface area (Å²) in [5.74, 6) is 0.171. The van der Waals surface area contributed by atoms with Crippen LogP contribution in [0.15, 0.2) is 33.1 Å². The van der Waals surface area contributed by atoms with Gasteiger partial charge < -0.3 is 5.73 Å². The highest BCUT2D eigenvalue weighted by Crippen LogP contribution is 2.32. The van der Waals surface area contributed by atoms with Gasteiger partial charge in [-0.3, -0.25) is 4.72 Å². The Hall–Kier alpha value is -1.03. The minimum atomic E-state index is -3.68. The van der Waals surface area contributed by atoms with E-state index in [0.29, 0.717) is 10.3 Å². The summed E-state index contributed by atoms with van der Waals surface area (Å²) in [5, 5.41) is 7.27. The summed E-state index contributed by atoms with van der Waals surface area (Å²) in [7, 11) is -3.68. The van der Waals surface area contributed by atoms with Crippen molar-refractivity contribution in [1.29, 1.82) is 0 Å². The fourth-order valence-electron chi connectivity index (χ4n) is 1.23. The van der Waals surface area contributed by atoms with Crippen molar-refractivity contribution in [2.24, 2.45) is 5.73 Å². The number of hydrogen-bond acceptors (Lipinski definition) is 6. The maximum absolute atomic E-state index is 12.1. The Morgan fingerprint density at radius 2 is 2.28 bits per heavy atom. The van der Waals surface area contributed by atoms with Gasteiger partial charge in [0.1, 0.15) is 4.90 Å². The number of rotatable bonds is 4. The highest BCUT2D eigenvalue weighted by atomic mass is 79.9. The molecule has 0 bridgehead atoms. The average molecular weight is 349 g/mol. The SMILES string of the molecule is NCc1cc(S(=O)(=O)Nc2cccnn2)c(Br)s1. The minimum Gasteiger partial charge on any atom is -0.326 e. The van der Waals surface area contributed by atoms with E-state index in [1.807, 2.05) is 0 Å². The van der Waals surface area contributed by atoms with Crippen LogP contribution < -0.4 is 10.5 Å². The van der Waals surface area contributed by atoms with Crippen LogP contribution in [0, 0.1) is 0 Å². The molecule has 0 fully saturated rings. The second-order valence-electron chi connectivity index (χ2n) is 3.27. The molecular weight excluding hydrogens is 340 g/mol. The summed E-state index contributed by atoms with van der Waals surface area (Å²) >= 11 is 4.50. The van der Waals surface area contributed by atoms with E-state index in [2.05, 4.69) is 30.8 Å². The van der Waals surface area contributed by atoms with Gasteiger partial charge in [0, 0.05) is 17.6 Å². The maximum Gasteiger partial charge on any atom is 0.265 e. The summed E-state index contributed by atoms with van der Waals surface area (Å²) in [6, 6.07) is 4.65. The molecule has 2 rings (SSSR count). The molecule has 0 saturated carbocycles. The normalized spacial score (nSPS) is 11.4. The second-order valence-corrected chi connectivity index (χ2v) is 7.37. The molecule has 0 aliphatic rings. The van der Waals surface area contributed by atoms with E-state index in [-0.39, 0.29) is 10.7 Å². The largest absolute Gasteiger partial charge is 0.326 e. The van der Waals surface area contributed by atoms with E-state index in [0.717, 1.165) is 4.88 Å². The highest BCUT2D eigenvalue weighted by Gasteiger charge is 2.21. The van der Waals surface area contributed by atoms with Crippen LogP contribution in [0.25, 0.3) is 0 Å². The minimum absolute atomic E-state index is 0.151. The molecule has 2 aromatic heterocycles. The number of sulfonamides is 1. The number of nitrogens with zero attached hydrogens (tertiary/aromatic N) is 2. The van der Waals surface area contributed by atoms with Gasteiger partial charge in [-0.15, -0.1) is 16.4 Å². The van der Waals surface area contributed by atoms with Crippen LogP contribution in [0.3, 0.4) is 0 Å². The van der Waals surface area contributed by atoms with Crippen molar-refractivity contribution in [3.8, 4) is 0 Å². The monoisotopic (exact) mass is 348 g/mol. The standard InChI is InChI=1S/C9H9BrN4O2S2/c10-9-7(4-6(5-11)17-9)18(15,16)14-8-2-1-3-12-13-8/h1-4H,5,11H2,(H,13,14). The molecule has 0 spiro atoms. The van der Waals surface area contributed by atoms with Crippen LogP contribution in [0.4, 0.5) is 5.82 Å². The van der Waals surface area contributed by atoms with E-state index in [4.69, 9.17) is 5.73 Å². The van der Waals surface area contributed by atoms with Gasteiger partial charge in [0.25, 0.3) is 10.0 Å². The number of hydrogen-bond donors (Lipinski definition) is 2. The van der Waals surface area contributed by atoms with Crippen molar-refractivity contribution in [1.82, 2.24) is 10.2 Å². The lowest BCUT2D eigenvalue weighted by atomic mass is 10.5. The van der Waals surface area contributed by atoms with Gasteiger partial charge in [-0.05, 0) is 34.1 Å². The summed E-state index contributed by atoms with van der Waals surface area (Å²) < 4.78 is 27.1. The first kappa shape index (κ1) is 13.4. The number of nitrogens with one attached hydrogen (secondary N) is 1. The van der Waals surface area contributed by atoms with E-state index in [1.165, 1.54) is 29.7 Å². The Bertz CT molecular complexity index is 642.